The summed E-state index contributed by atoms with van der Waals surface area (Å²) >= 11 is 0. The molecule has 4 heteroatoms. The minimum atomic E-state index is -0.635. The lowest BCUT2D eigenvalue weighted by Gasteiger charge is -2.27. The summed E-state index contributed by atoms with van der Waals surface area (Å²) < 4.78 is 5.39. The zero-order valence-electron chi connectivity index (χ0n) is 12.8. The van der Waals surface area contributed by atoms with Crippen LogP contribution in [0.2, 0.25) is 0 Å². The van der Waals surface area contributed by atoms with Crippen LogP contribution in [0.15, 0.2) is 24.3 Å². The van der Waals surface area contributed by atoms with Crippen LogP contribution >= 0.6 is 0 Å². The molecule has 2 rings (SSSR count). The van der Waals surface area contributed by atoms with Crippen molar-refractivity contribution in [1.82, 2.24) is 4.90 Å². The molecule has 1 fully saturated rings. The first-order valence-electron chi connectivity index (χ1n) is 7.89. The van der Waals surface area contributed by atoms with Crippen LogP contribution in [0.5, 0.6) is 5.75 Å². The second-order valence-corrected chi connectivity index (χ2v) is 5.52. The summed E-state index contributed by atoms with van der Waals surface area (Å²) in [4.78, 5) is 13.9. The molecule has 1 amide bonds. The van der Waals surface area contributed by atoms with Gasteiger partial charge in [-0.3, -0.25) is 4.79 Å². The summed E-state index contributed by atoms with van der Waals surface area (Å²) in [6.45, 7) is 3.71. The summed E-state index contributed by atoms with van der Waals surface area (Å²) in [5.41, 5.74) is 0.827. The zero-order valence-corrected chi connectivity index (χ0v) is 12.8. The Hall–Kier alpha value is -1.55. The molecule has 1 unspecified atom stereocenters. The van der Waals surface area contributed by atoms with E-state index in [0.717, 1.165) is 37.1 Å². The van der Waals surface area contributed by atoms with Crippen molar-refractivity contribution < 1.29 is 14.6 Å². The summed E-state index contributed by atoms with van der Waals surface area (Å²) in [5, 5.41) is 10.3. The topological polar surface area (TPSA) is 49.8 Å². The number of amides is 1. The number of hydrogen-bond acceptors (Lipinski definition) is 3. The number of carbonyl (C=O) groups excluding carboxylic acids is 1. The predicted molar refractivity (Wildman–Crippen MR) is 82.2 cm³/mol. The highest BCUT2D eigenvalue weighted by atomic mass is 16.5. The van der Waals surface area contributed by atoms with Gasteiger partial charge in [-0.25, -0.2) is 0 Å². The third-order valence-corrected chi connectivity index (χ3v) is 3.89. The fraction of sp³-hybridized carbons (Fsp3) is 0.588. The Balaban J connectivity index is 1.95. The lowest BCUT2D eigenvalue weighted by molar-refractivity contribution is -0.133. The number of benzene rings is 1. The zero-order chi connectivity index (χ0) is 15.1. The van der Waals surface area contributed by atoms with E-state index in [1.54, 1.807) is 4.90 Å². The number of aliphatic hydroxyl groups excluding tert-OH is 1. The van der Waals surface area contributed by atoms with Gasteiger partial charge in [-0.05, 0) is 37.5 Å². The van der Waals surface area contributed by atoms with E-state index >= 15 is 0 Å². The maximum Gasteiger partial charge on any atom is 0.222 e. The molecule has 116 valence electrons. The largest absolute Gasteiger partial charge is 0.494 e. The van der Waals surface area contributed by atoms with Crippen LogP contribution in [0.1, 0.15) is 50.7 Å². The van der Waals surface area contributed by atoms with Crippen LogP contribution in [-0.4, -0.2) is 35.6 Å². The van der Waals surface area contributed by atoms with Crippen molar-refractivity contribution in [2.24, 2.45) is 0 Å². The van der Waals surface area contributed by atoms with Crippen molar-refractivity contribution in [2.75, 3.05) is 19.7 Å². The Morgan fingerprint density at radius 2 is 1.90 bits per heavy atom. The normalized spacial score (nSPS) is 18.0. The van der Waals surface area contributed by atoms with E-state index in [-0.39, 0.29) is 5.91 Å². The molecule has 21 heavy (non-hydrogen) atoms. The number of carbonyl (C=O) groups is 1. The molecule has 0 radical (unpaired) electrons. The fourth-order valence-corrected chi connectivity index (χ4v) is 2.68. The van der Waals surface area contributed by atoms with Gasteiger partial charge in [0.1, 0.15) is 5.75 Å². The van der Waals surface area contributed by atoms with Gasteiger partial charge in [0, 0.05) is 13.0 Å². The average molecular weight is 291 g/mol. The average Bonchev–Trinajstić information content (AvgIpc) is 2.48. The quantitative estimate of drug-likeness (QED) is 0.907. The summed E-state index contributed by atoms with van der Waals surface area (Å²) in [6, 6.07) is 7.45. The standard InChI is InChI=1S/C17H25NO3/c1-2-21-15-10-8-14(9-11-15)16(19)13-18-12-6-4-3-5-7-17(18)20/h8-11,16,19H,2-7,12-13H2,1H3. The maximum atomic E-state index is 12.1. The Morgan fingerprint density at radius 1 is 1.19 bits per heavy atom. The summed E-state index contributed by atoms with van der Waals surface area (Å²) in [7, 11) is 0. The number of nitrogens with zero attached hydrogens (tertiary/aromatic N) is 1. The van der Waals surface area contributed by atoms with Crippen molar-refractivity contribution in [2.45, 2.75) is 45.1 Å². The van der Waals surface area contributed by atoms with Gasteiger partial charge < -0.3 is 14.7 Å². The molecule has 1 N–H and O–H groups in total. The fourth-order valence-electron chi connectivity index (χ4n) is 2.68. The monoisotopic (exact) mass is 291 g/mol. The van der Waals surface area contributed by atoms with Gasteiger partial charge in [0.25, 0.3) is 0 Å². The number of ether oxygens (including phenoxy) is 1. The summed E-state index contributed by atoms with van der Waals surface area (Å²) in [6.07, 6.45) is 4.28. The Kier molecular flexibility index (Phi) is 6.05. The van der Waals surface area contributed by atoms with Gasteiger partial charge >= 0.3 is 0 Å². The molecule has 1 aromatic rings. The molecule has 1 aromatic carbocycles. The van der Waals surface area contributed by atoms with Crippen LogP contribution in [-0.2, 0) is 4.79 Å². The number of hydrogen-bond donors (Lipinski definition) is 1. The number of β-amino-alcohol motifs (C(OH)–C–C–N with tert-alkyl or cyclic N) is 1. The Morgan fingerprint density at radius 3 is 2.62 bits per heavy atom. The highest BCUT2D eigenvalue weighted by Gasteiger charge is 2.19. The second kappa shape index (κ2) is 8.03. The predicted octanol–water partition coefficient (Wildman–Crippen LogP) is 2.91. The highest BCUT2D eigenvalue weighted by Crippen LogP contribution is 2.20. The molecule has 1 saturated heterocycles. The molecular formula is C17H25NO3. The number of rotatable bonds is 5. The van der Waals surface area contributed by atoms with Crippen molar-refractivity contribution in [3.63, 3.8) is 0 Å². The maximum absolute atomic E-state index is 12.1. The van der Waals surface area contributed by atoms with Crippen LogP contribution in [0, 0.1) is 0 Å². The lowest BCUT2D eigenvalue weighted by atomic mass is 10.1. The van der Waals surface area contributed by atoms with E-state index in [2.05, 4.69) is 0 Å². The molecule has 1 aliphatic rings. The molecular weight excluding hydrogens is 266 g/mol. The van der Waals surface area contributed by atoms with Gasteiger partial charge in [0.05, 0.1) is 19.3 Å². The number of likely N-dealkylation sites (tertiary alicyclic amines) is 1. The third-order valence-electron chi connectivity index (χ3n) is 3.89. The van der Waals surface area contributed by atoms with E-state index in [1.165, 1.54) is 6.42 Å². The lowest BCUT2D eigenvalue weighted by Crippen LogP contribution is -2.36. The number of aliphatic hydroxyl groups is 1. The first-order valence-corrected chi connectivity index (χ1v) is 7.89. The first kappa shape index (κ1) is 15.8. The van der Waals surface area contributed by atoms with Crippen molar-refractivity contribution >= 4 is 5.91 Å². The van der Waals surface area contributed by atoms with Gasteiger partial charge in [0.15, 0.2) is 0 Å². The van der Waals surface area contributed by atoms with E-state index in [9.17, 15) is 9.90 Å². The van der Waals surface area contributed by atoms with E-state index in [1.807, 2.05) is 31.2 Å². The molecule has 0 bridgehead atoms. The molecule has 4 nitrogen and oxygen atoms in total. The molecule has 1 atom stereocenters. The van der Waals surface area contributed by atoms with Crippen LogP contribution in [0.25, 0.3) is 0 Å². The van der Waals surface area contributed by atoms with Crippen molar-refractivity contribution in [3.05, 3.63) is 29.8 Å². The summed E-state index contributed by atoms with van der Waals surface area (Å²) in [5.74, 6) is 0.968. The molecule has 0 spiro atoms. The second-order valence-electron chi connectivity index (χ2n) is 5.52. The van der Waals surface area contributed by atoms with Gasteiger partial charge in [-0.1, -0.05) is 25.0 Å². The van der Waals surface area contributed by atoms with Gasteiger partial charge in [0.2, 0.25) is 5.91 Å². The van der Waals surface area contributed by atoms with Crippen LogP contribution in [0.3, 0.4) is 0 Å². The highest BCUT2D eigenvalue weighted by molar-refractivity contribution is 5.76. The van der Waals surface area contributed by atoms with E-state index < -0.39 is 6.10 Å². The Labute approximate surface area is 126 Å². The SMILES string of the molecule is CCOc1ccc(C(O)CN2CCCCCCC2=O)cc1. The van der Waals surface area contributed by atoms with Gasteiger partial charge in [-0.2, -0.15) is 0 Å². The van der Waals surface area contributed by atoms with Crippen LogP contribution < -0.4 is 4.74 Å². The van der Waals surface area contributed by atoms with Crippen molar-refractivity contribution in [3.8, 4) is 5.75 Å². The van der Waals surface area contributed by atoms with Crippen LogP contribution in [0.4, 0.5) is 0 Å². The smallest absolute Gasteiger partial charge is 0.222 e. The molecule has 0 aliphatic carbocycles. The minimum absolute atomic E-state index is 0.166. The van der Waals surface area contributed by atoms with E-state index in [4.69, 9.17) is 4.74 Å². The molecule has 1 aliphatic heterocycles. The van der Waals surface area contributed by atoms with Crippen molar-refractivity contribution in [1.29, 1.82) is 0 Å². The molecule has 0 saturated carbocycles. The third kappa shape index (κ3) is 4.74. The molecule has 0 aromatic heterocycles. The van der Waals surface area contributed by atoms with E-state index in [0.29, 0.717) is 19.6 Å². The van der Waals surface area contributed by atoms with Gasteiger partial charge in [-0.15, -0.1) is 0 Å². The first-order chi connectivity index (χ1) is 10.2. The molecule has 1 heterocycles. The Bertz CT molecular complexity index is 444. The minimum Gasteiger partial charge on any atom is -0.494 e.